The van der Waals surface area contributed by atoms with E-state index in [0.29, 0.717) is 10.9 Å². The van der Waals surface area contributed by atoms with Crippen molar-refractivity contribution in [2.24, 2.45) is 7.05 Å². The smallest absolute Gasteiger partial charge is 0.475 e. The van der Waals surface area contributed by atoms with Crippen LogP contribution in [0.15, 0.2) is 36.8 Å². The van der Waals surface area contributed by atoms with Gasteiger partial charge in [-0.15, -0.1) is 11.8 Å². The van der Waals surface area contributed by atoms with Gasteiger partial charge in [0.2, 0.25) is 5.88 Å². The van der Waals surface area contributed by atoms with Gasteiger partial charge in [0.15, 0.2) is 0 Å². The van der Waals surface area contributed by atoms with Crippen LogP contribution in [0.25, 0.3) is 0 Å². The number of aromatic nitrogens is 3. The fourth-order valence-electron chi connectivity index (χ4n) is 3.38. The second kappa shape index (κ2) is 11.8. The molecule has 0 aromatic carbocycles. The average Bonchev–Trinajstić information content (AvgIpc) is 3.34. The van der Waals surface area contributed by atoms with Gasteiger partial charge in [0, 0.05) is 67.6 Å². The highest BCUT2D eigenvalue weighted by Crippen LogP contribution is 2.46. The fourth-order valence-corrected chi connectivity index (χ4v) is 4.96. The van der Waals surface area contributed by atoms with E-state index in [1.54, 1.807) is 6.20 Å². The minimum atomic E-state index is -5.08. The van der Waals surface area contributed by atoms with Crippen LogP contribution >= 0.6 is 11.8 Å². The van der Waals surface area contributed by atoms with Crippen molar-refractivity contribution in [2.45, 2.75) is 36.2 Å². The Hall–Kier alpha value is -3.01. The Morgan fingerprint density at radius 1 is 1.14 bits per heavy atom. The number of likely N-dealkylation sites (tertiary alicyclic amines) is 1. The SMILES string of the molecule is Cn1cc(CN2CC3(CC(Oc4ccccn4)CS3)C2)cn1.O=C(O)C(F)(F)F.O=C(O)C(F)(F)F. The van der Waals surface area contributed by atoms with Crippen molar-refractivity contribution in [3.8, 4) is 5.88 Å². The minimum Gasteiger partial charge on any atom is -0.475 e. The summed E-state index contributed by atoms with van der Waals surface area (Å²) in [5.74, 6) is -3.70. The number of carboxylic acids is 2. The molecule has 1 unspecified atom stereocenters. The lowest BCUT2D eigenvalue weighted by Gasteiger charge is -2.47. The van der Waals surface area contributed by atoms with Crippen molar-refractivity contribution in [2.75, 3.05) is 18.8 Å². The number of carboxylic acid groups (broad SMARTS) is 2. The molecule has 0 amide bonds. The topological polar surface area (TPSA) is 118 Å². The predicted octanol–water partition coefficient (Wildman–Crippen LogP) is 3.22. The van der Waals surface area contributed by atoms with Gasteiger partial charge in [-0.3, -0.25) is 9.58 Å². The number of aryl methyl sites for hydroxylation is 1. The van der Waals surface area contributed by atoms with Crippen LogP contribution in [0.5, 0.6) is 5.88 Å². The Morgan fingerprint density at radius 2 is 1.72 bits per heavy atom. The van der Waals surface area contributed by atoms with E-state index in [4.69, 9.17) is 24.5 Å². The normalized spacial score (nSPS) is 18.8. The van der Waals surface area contributed by atoms with E-state index in [1.165, 1.54) is 5.56 Å². The Bertz CT molecular complexity index is 988. The van der Waals surface area contributed by atoms with Crippen molar-refractivity contribution in [3.05, 3.63) is 42.4 Å². The van der Waals surface area contributed by atoms with Crippen molar-refractivity contribution < 1.29 is 50.9 Å². The van der Waals surface area contributed by atoms with Crippen LogP contribution in [0.3, 0.4) is 0 Å². The molecule has 1 spiro atoms. The number of thioether (sulfide) groups is 1. The van der Waals surface area contributed by atoms with Gasteiger partial charge in [-0.05, 0) is 6.07 Å². The first-order valence-corrected chi connectivity index (χ1v) is 11.1. The third kappa shape index (κ3) is 9.22. The second-order valence-electron chi connectivity index (χ2n) is 7.88. The maximum Gasteiger partial charge on any atom is 0.490 e. The Kier molecular flexibility index (Phi) is 9.59. The van der Waals surface area contributed by atoms with Crippen molar-refractivity contribution in [1.29, 1.82) is 0 Å². The van der Waals surface area contributed by atoms with E-state index in [0.717, 1.165) is 37.7 Å². The Balaban J connectivity index is 0.000000271. The molecule has 16 heteroatoms. The average molecular weight is 544 g/mol. The van der Waals surface area contributed by atoms with Gasteiger partial charge in [0.1, 0.15) is 6.10 Å². The van der Waals surface area contributed by atoms with E-state index >= 15 is 0 Å². The van der Waals surface area contributed by atoms with Gasteiger partial charge in [0.05, 0.1) is 6.20 Å². The summed E-state index contributed by atoms with van der Waals surface area (Å²) in [6.07, 6.45) is -2.91. The van der Waals surface area contributed by atoms with Gasteiger partial charge in [-0.2, -0.15) is 31.4 Å². The summed E-state index contributed by atoms with van der Waals surface area (Å²) in [6.45, 7) is 3.30. The quantitative estimate of drug-likeness (QED) is 0.560. The van der Waals surface area contributed by atoms with E-state index in [-0.39, 0.29) is 0 Å². The Labute approximate surface area is 205 Å². The van der Waals surface area contributed by atoms with E-state index < -0.39 is 24.3 Å². The lowest BCUT2D eigenvalue weighted by molar-refractivity contribution is -0.193. The zero-order valence-electron chi connectivity index (χ0n) is 18.7. The number of rotatable bonds is 4. The summed E-state index contributed by atoms with van der Waals surface area (Å²) < 4.78 is 71.7. The zero-order chi connectivity index (χ0) is 27.1. The number of carbonyl (C=O) groups is 2. The van der Waals surface area contributed by atoms with Crippen LogP contribution in [0.2, 0.25) is 0 Å². The largest absolute Gasteiger partial charge is 0.490 e. The first-order valence-electron chi connectivity index (χ1n) is 10.1. The van der Waals surface area contributed by atoms with Crippen LogP contribution in [0.1, 0.15) is 12.0 Å². The van der Waals surface area contributed by atoms with E-state index in [9.17, 15) is 26.3 Å². The molecule has 36 heavy (non-hydrogen) atoms. The number of pyridine rings is 1. The highest BCUT2D eigenvalue weighted by Gasteiger charge is 2.49. The fraction of sp³-hybridized carbons (Fsp3) is 0.500. The molecule has 2 aliphatic heterocycles. The number of alkyl halides is 6. The van der Waals surface area contributed by atoms with Crippen molar-refractivity contribution in [3.63, 3.8) is 0 Å². The minimum absolute atomic E-state index is 0.292. The zero-order valence-corrected chi connectivity index (χ0v) is 19.5. The van der Waals surface area contributed by atoms with Crippen LogP contribution in [-0.2, 0) is 23.2 Å². The molecule has 2 aliphatic rings. The molecule has 9 nitrogen and oxygen atoms in total. The van der Waals surface area contributed by atoms with Gasteiger partial charge >= 0.3 is 24.3 Å². The number of ether oxygens (including phenoxy) is 1. The highest BCUT2D eigenvalue weighted by molar-refractivity contribution is 8.01. The van der Waals surface area contributed by atoms with Gasteiger partial charge in [0.25, 0.3) is 0 Å². The van der Waals surface area contributed by atoms with Crippen LogP contribution in [0.4, 0.5) is 26.3 Å². The predicted molar refractivity (Wildman–Crippen MR) is 114 cm³/mol. The lowest BCUT2D eigenvalue weighted by atomic mass is 9.92. The molecule has 0 radical (unpaired) electrons. The van der Waals surface area contributed by atoms with Crippen molar-refractivity contribution in [1.82, 2.24) is 19.7 Å². The molecule has 2 fully saturated rings. The van der Waals surface area contributed by atoms with Gasteiger partial charge < -0.3 is 14.9 Å². The Morgan fingerprint density at radius 3 is 2.17 bits per heavy atom. The van der Waals surface area contributed by atoms with Crippen LogP contribution in [-0.4, -0.2) is 83.9 Å². The molecule has 2 N–H and O–H groups in total. The molecule has 200 valence electrons. The summed E-state index contributed by atoms with van der Waals surface area (Å²) in [6, 6.07) is 5.82. The lowest BCUT2D eigenvalue weighted by Crippen LogP contribution is -2.58. The molecule has 0 aliphatic carbocycles. The molecule has 4 heterocycles. The monoisotopic (exact) mass is 544 g/mol. The van der Waals surface area contributed by atoms with Gasteiger partial charge in [-0.25, -0.2) is 14.6 Å². The molecule has 2 aromatic heterocycles. The molecule has 2 saturated heterocycles. The molecular formula is C20H22F6N4O5S. The van der Waals surface area contributed by atoms with Crippen molar-refractivity contribution >= 4 is 23.7 Å². The standard InChI is InChI=1S/C16H20N4OS.2C2HF3O2/c1-19-8-13(7-18-19)9-20-11-16(12-20)6-14(10-22-16)21-15-4-2-3-5-17-15;2*3-2(4,5)1(6)7/h2-5,7-8,14H,6,9-12H2,1H3;2*(H,6,7). The number of aliphatic carboxylic acids is 2. The molecule has 2 aromatic rings. The first-order chi connectivity index (χ1) is 16.6. The van der Waals surface area contributed by atoms with Crippen LogP contribution < -0.4 is 4.74 Å². The third-order valence-electron chi connectivity index (χ3n) is 4.77. The summed E-state index contributed by atoms with van der Waals surface area (Å²) in [5.41, 5.74) is 1.29. The molecule has 0 saturated carbocycles. The first kappa shape index (κ1) is 29.2. The summed E-state index contributed by atoms with van der Waals surface area (Å²) >= 11 is 2.06. The summed E-state index contributed by atoms with van der Waals surface area (Å²) in [4.78, 5) is 24.5. The van der Waals surface area contributed by atoms with E-state index in [1.807, 2.05) is 36.1 Å². The molecular weight excluding hydrogens is 522 g/mol. The number of hydrogen-bond donors (Lipinski definition) is 2. The summed E-state index contributed by atoms with van der Waals surface area (Å²) in [5, 5.41) is 18.5. The number of halogens is 6. The molecule has 1 atom stereocenters. The highest BCUT2D eigenvalue weighted by atomic mass is 32.2. The summed E-state index contributed by atoms with van der Waals surface area (Å²) in [7, 11) is 1.97. The molecule has 0 bridgehead atoms. The van der Waals surface area contributed by atoms with Crippen LogP contribution in [0, 0.1) is 0 Å². The third-order valence-corrected chi connectivity index (χ3v) is 6.35. The molecule has 4 rings (SSSR count). The second-order valence-corrected chi connectivity index (χ2v) is 9.37. The maximum atomic E-state index is 10.6. The number of hydrogen-bond acceptors (Lipinski definition) is 7. The van der Waals surface area contributed by atoms with Gasteiger partial charge in [-0.1, -0.05) is 6.07 Å². The number of nitrogens with zero attached hydrogens (tertiary/aromatic N) is 4. The van der Waals surface area contributed by atoms with E-state index in [2.05, 4.69) is 32.9 Å². The maximum absolute atomic E-state index is 10.6.